The lowest BCUT2D eigenvalue weighted by molar-refractivity contribution is 0.410. The minimum atomic E-state index is -0.327. The summed E-state index contributed by atoms with van der Waals surface area (Å²) in [6.45, 7) is 0.709. The summed E-state index contributed by atoms with van der Waals surface area (Å²) >= 11 is 5.64. The van der Waals surface area contributed by atoms with Crippen molar-refractivity contribution < 1.29 is 9.13 Å². The molecule has 0 bridgehead atoms. The Hall–Kier alpha value is -3.78. The summed E-state index contributed by atoms with van der Waals surface area (Å²) in [5, 5.41) is 4.39. The van der Waals surface area contributed by atoms with Gasteiger partial charge in [-0.05, 0) is 72.4 Å². The molecular weight excluding hydrogens is 427 g/mol. The van der Waals surface area contributed by atoms with Crippen LogP contribution in [0.1, 0.15) is 11.1 Å². The molecule has 0 fully saturated rings. The van der Waals surface area contributed by atoms with Gasteiger partial charge in [-0.2, -0.15) is 0 Å². The highest BCUT2D eigenvalue weighted by Gasteiger charge is 2.15. The van der Waals surface area contributed by atoms with E-state index in [1.54, 1.807) is 37.7 Å². The van der Waals surface area contributed by atoms with Crippen molar-refractivity contribution in [2.75, 3.05) is 12.4 Å². The van der Waals surface area contributed by atoms with Gasteiger partial charge in [-0.15, -0.1) is 0 Å². The molecule has 2 N–H and O–H groups in total. The fourth-order valence-electron chi connectivity index (χ4n) is 3.33. The predicted octanol–water partition coefficient (Wildman–Crippen LogP) is 4.47. The van der Waals surface area contributed by atoms with Gasteiger partial charge in [0.15, 0.2) is 5.11 Å². The van der Waals surface area contributed by atoms with E-state index < -0.39 is 0 Å². The average molecular weight is 449 g/mol. The van der Waals surface area contributed by atoms with Gasteiger partial charge in [-0.25, -0.2) is 4.39 Å². The fourth-order valence-corrected chi connectivity index (χ4v) is 3.57. The molecule has 2 aromatic heterocycles. The van der Waals surface area contributed by atoms with E-state index in [4.69, 9.17) is 17.0 Å². The second-order valence-corrected chi connectivity index (χ2v) is 7.62. The van der Waals surface area contributed by atoms with Crippen LogP contribution in [-0.4, -0.2) is 27.1 Å². The van der Waals surface area contributed by atoms with Crippen molar-refractivity contribution in [2.24, 2.45) is 0 Å². The molecule has 0 aliphatic rings. The number of benzene rings is 2. The van der Waals surface area contributed by atoms with Crippen LogP contribution in [0.3, 0.4) is 0 Å². The van der Waals surface area contributed by atoms with Crippen LogP contribution in [0.5, 0.6) is 5.75 Å². The van der Waals surface area contributed by atoms with Crippen molar-refractivity contribution in [3.8, 4) is 5.75 Å². The number of H-pyrrole nitrogens is 1. The third kappa shape index (κ3) is 5.09. The second-order valence-electron chi connectivity index (χ2n) is 7.23. The summed E-state index contributed by atoms with van der Waals surface area (Å²) < 4.78 is 18.6. The first kappa shape index (κ1) is 21.5. The van der Waals surface area contributed by atoms with Gasteiger partial charge in [-0.3, -0.25) is 9.78 Å². The lowest BCUT2D eigenvalue weighted by Crippen LogP contribution is -2.35. The molecule has 2 aromatic carbocycles. The third-order valence-corrected chi connectivity index (χ3v) is 5.33. The van der Waals surface area contributed by atoms with Crippen molar-refractivity contribution in [3.63, 3.8) is 0 Å². The van der Waals surface area contributed by atoms with Gasteiger partial charge in [-0.1, -0.05) is 6.07 Å². The Morgan fingerprint density at radius 2 is 1.97 bits per heavy atom. The monoisotopic (exact) mass is 448 g/mol. The standard InChI is InChI=1S/C24H21FN4O2S/c1-31-21-8-9-22-17(12-21)11-18(23(30)28-22)15-29(14-16-3-2-10-26-13-16)24(32)27-20-6-4-19(25)5-7-20/h2-13H,14-15H2,1H3,(H,27,32)(H,28,30). The maximum Gasteiger partial charge on any atom is 0.253 e. The largest absolute Gasteiger partial charge is 0.497 e. The van der Waals surface area contributed by atoms with Gasteiger partial charge in [0.05, 0.1) is 13.7 Å². The molecule has 4 rings (SSSR count). The number of hydrogen-bond acceptors (Lipinski definition) is 4. The van der Waals surface area contributed by atoms with E-state index in [0.717, 1.165) is 16.5 Å². The van der Waals surface area contributed by atoms with E-state index in [-0.39, 0.29) is 17.9 Å². The molecule has 0 aliphatic heterocycles. The number of thiocarbonyl (C=S) groups is 1. The summed E-state index contributed by atoms with van der Waals surface area (Å²) in [6.07, 6.45) is 3.45. The molecule has 0 amide bonds. The number of aromatic nitrogens is 2. The fraction of sp³-hybridized carbons (Fsp3) is 0.125. The molecule has 0 saturated carbocycles. The Labute approximate surface area is 189 Å². The van der Waals surface area contributed by atoms with Crippen molar-refractivity contribution in [1.29, 1.82) is 0 Å². The Kier molecular flexibility index (Phi) is 6.42. The molecule has 6 nitrogen and oxygen atoms in total. The van der Waals surface area contributed by atoms with Crippen molar-refractivity contribution in [1.82, 2.24) is 14.9 Å². The number of halogens is 1. The second kappa shape index (κ2) is 9.57. The van der Waals surface area contributed by atoms with Crippen LogP contribution in [0.4, 0.5) is 10.1 Å². The Morgan fingerprint density at radius 3 is 2.69 bits per heavy atom. The van der Waals surface area contributed by atoms with Gasteiger partial charge in [0.1, 0.15) is 11.6 Å². The van der Waals surface area contributed by atoms with Gasteiger partial charge >= 0.3 is 0 Å². The maximum absolute atomic E-state index is 13.3. The third-order valence-electron chi connectivity index (χ3n) is 4.97. The van der Waals surface area contributed by atoms with Gasteiger partial charge in [0.25, 0.3) is 5.56 Å². The van der Waals surface area contributed by atoms with Crippen LogP contribution in [0, 0.1) is 5.82 Å². The van der Waals surface area contributed by atoms with Gasteiger partial charge in [0.2, 0.25) is 0 Å². The van der Waals surface area contributed by atoms with Crippen LogP contribution >= 0.6 is 12.2 Å². The molecule has 0 radical (unpaired) electrons. The van der Waals surface area contributed by atoms with Gasteiger partial charge in [0, 0.05) is 41.1 Å². The van der Waals surface area contributed by atoms with Crippen LogP contribution in [0.2, 0.25) is 0 Å². The van der Waals surface area contributed by atoms with E-state index in [0.29, 0.717) is 28.7 Å². The zero-order valence-corrected chi connectivity index (χ0v) is 18.2. The lowest BCUT2D eigenvalue weighted by Gasteiger charge is -2.26. The smallest absolute Gasteiger partial charge is 0.253 e. The minimum Gasteiger partial charge on any atom is -0.497 e. The van der Waals surface area contributed by atoms with Crippen molar-refractivity contribution in [2.45, 2.75) is 13.1 Å². The highest BCUT2D eigenvalue weighted by molar-refractivity contribution is 7.80. The molecule has 0 spiro atoms. The molecule has 32 heavy (non-hydrogen) atoms. The number of pyridine rings is 2. The van der Waals surface area contributed by atoms with Crippen LogP contribution in [-0.2, 0) is 13.1 Å². The molecule has 4 aromatic rings. The number of nitrogens with zero attached hydrogens (tertiary/aromatic N) is 2. The highest BCUT2D eigenvalue weighted by Crippen LogP contribution is 2.20. The minimum absolute atomic E-state index is 0.191. The summed E-state index contributed by atoms with van der Waals surface area (Å²) in [5.41, 5.74) is 2.69. The SMILES string of the molecule is COc1ccc2[nH]c(=O)c(CN(Cc3cccnc3)C(=S)Nc3ccc(F)cc3)cc2c1. The van der Waals surface area contributed by atoms with Gasteiger partial charge < -0.3 is 19.9 Å². The zero-order chi connectivity index (χ0) is 22.5. The molecular formula is C24H21FN4O2S. The van der Waals surface area contributed by atoms with Crippen LogP contribution in [0.25, 0.3) is 10.9 Å². The topological polar surface area (TPSA) is 70.2 Å². The molecule has 0 aliphatic carbocycles. The molecule has 0 saturated heterocycles. The molecule has 2 heterocycles. The number of rotatable bonds is 6. The van der Waals surface area contributed by atoms with Crippen molar-refractivity contribution >= 4 is 33.9 Å². The number of anilines is 1. The zero-order valence-electron chi connectivity index (χ0n) is 17.3. The van der Waals surface area contributed by atoms with Crippen molar-refractivity contribution in [3.05, 3.63) is 100 Å². The molecule has 0 atom stereocenters. The molecule has 8 heteroatoms. The number of nitrogens with one attached hydrogen (secondary N) is 2. The van der Waals surface area contributed by atoms with E-state index in [1.807, 2.05) is 35.2 Å². The lowest BCUT2D eigenvalue weighted by atomic mass is 10.1. The number of ether oxygens (including phenoxy) is 1. The Balaban J connectivity index is 1.64. The van der Waals surface area contributed by atoms with Crippen LogP contribution in [0.15, 0.2) is 77.9 Å². The summed E-state index contributed by atoms with van der Waals surface area (Å²) in [5.74, 6) is 0.378. The van der Waals surface area contributed by atoms with Crippen LogP contribution < -0.4 is 15.6 Å². The summed E-state index contributed by atoms with van der Waals surface area (Å²) in [4.78, 5) is 21.7. The first-order chi connectivity index (χ1) is 15.5. The van der Waals surface area contributed by atoms with E-state index in [9.17, 15) is 9.18 Å². The molecule has 0 unspecified atom stereocenters. The Bertz CT molecular complexity index is 1290. The normalized spacial score (nSPS) is 10.7. The number of aromatic amines is 1. The number of hydrogen-bond donors (Lipinski definition) is 2. The predicted molar refractivity (Wildman–Crippen MR) is 127 cm³/mol. The first-order valence-electron chi connectivity index (χ1n) is 9.92. The molecule has 162 valence electrons. The highest BCUT2D eigenvalue weighted by atomic mass is 32.1. The van der Waals surface area contributed by atoms with E-state index in [1.165, 1.54) is 12.1 Å². The first-order valence-corrected chi connectivity index (χ1v) is 10.3. The van der Waals surface area contributed by atoms with E-state index >= 15 is 0 Å². The summed E-state index contributed by atoms with van der Waals surface area (Å²) in [7, 11) is 1.60. The maximum atomic E-state index is 13.3. The average Bonchev–Trinajstić information content (AvgIpc) is 2.81. The number of fused-ring (bicyclic) bond motifs is 1. The number of methoxy groups -OCH3 is 1. The summed E-state index contributed by atoms with van der Waals surface area (Å²) in [6, 6.07) is 17.0. The van der Waals surface area contributed by atoms with E-state index in [2.05, 4.69) is 15.3 Å². The quantitative estimate of drug-likeness (QED) is 0.424. The Morgan fingerprint density at radius 1 is 1.16 bits per heavy atom.